The topological polar surface area (TPSA) is 59.8 Å². The number of aromatic nitrogens is 2. The molecule has 0 aliphatic carbocycles. The minimum absolute atomic E-state index is 0.160. The Balaban J connectivity index is 1.38. The number of morpholine rings is 1. The van der Waals surface area contributed by atoms with E-state index in [1.807, 2.05) is 34.1 Å². The van der Waals surface area contributed by atoms with Crippen molar-refractivity contribution in [1.29, 1.82) is 0 Å². The zero-order valence-electron chi connectivity index (χ0n) is 17.8. The second-order valence-electron chi connectivity index (χ2n) is 8.88. The summed E-state index contributed by atoms with van der Waals surface area (Å²) in [4.78, 5) is 16.6. The van der Waals surface area contributed by atoms with Gasteiger partial charge in [-0.25, -0.2) is 4.68 Å². The summed E-state index contributed by atoms with van der Waals surface area (Å²) in [6.07, 6.45) is 8.16. The molecule has 0 saturated carbocycles. The highest BCUT2D eigenvalue weighted by atomic mass is 16.5. The van der Waals surface area contributed by atoms with Crippen molar-refractivity contribution < 1.29 is 14.3 Å². The second kappa shape index (κ2) is 7.71. The highest BCUT2D eigenvalue weighted by Crippen LogP contribution is 2.45. The molecule has 1 aromatic heterocycles. The highest BCUT2D eigenvalue weighted by molar-refractivity contribution is 5.73. The summed E-state index contributed by atoms with van der Waals surface area (Å²) in [5, 5.41) is 4.44. The van der Waals surface area contributed by atoms with Crippen LogP contribution in [0.5, 0.6) is 5.75 Å². The molecule has 3 aliphatic heterocycles. The second-order valence-corrected chi connectivity index (χ2v) is 8.88. The third-order valence-electron chi connectivity index (χ3n) is 7.07. The summed E-state index contributed by atoms with van der Waals surface area (Å²) in [6.45, 7) is 4.64. The van der Waals surface area contributed by atoms with Gasteiger partial charge < -0.3 is 14.4 Å². The lowest BCUT2D eigenvalue weighted by molar-refractivity contribution is -0.165. The Morgan fingerprint density at radius 3 is 2.77 bits per heavy atom. The van der Waals surface area contributed by atoms with Crippen molar-refractivity contribution >= 4 is 5.91 Å². The molecular weight excluding hydrogens is 380 g/mol. The van der Waals surface area contributed by atoms with Gasteiger partial charge in [0.2, 0.25) is 5.91 Å². The van der Waals surface area contributed by atoms with E-state index in [0.717, 1.165) is 37.4 Å². The van der Waals surface area contributed by atoms with Crippen LogP contribution in [0.3, 0.4) is 0 Å². The summed E-state index contributed by atoms with van der Waals surface area (Å²) >= 11 is 0. The molecule has 3 aliphatic rings. The number of hydrogen-bond acceptors (Lipinski definition) is 5. The summed E-state index contributed by atoms with van der Waals surface area (Å²) in [7, 11) is 1.71. The summed E-state index contributed by atoms with van der Waals surface area (Å²) in [6, 6.07) is 9.12. The number of nitrogens with zero attached hydrogens (tertiary/aromatic N) is 4. The van der Waals surface area contributed by atoms with E-state index in [0.29, 0.717) is 25.2 Å². The molecule has 7 heteroatoms. The Morgan fingerprint density at radius 1 is 1.30 bits per heavy atom. The Labute approximate surface area is 177 Å². The lowest BCUT2D eigenvalue weighted by atomic mass is 9.84. The van der Waals surface area contributed by atoms with E-state index in [9.17, 15) is 4.79 Å². The minimum atomic E-state index is -0.175. The standard InChI is InChI=1S/C23H30N4O3/c1-17(28)25-10-11-30-23(16-25)13-19-4-5-20(14-23)26(19)15-18-12-21(29-2)6-7-22(18)27-9-3-8-24-27/h3,6-9,12,19-20H,4-5,10-11,13-16H2,1-2H3/t19-,20+,23?. The largest absolute Gasteiger partial charge is 0.497 e. The molecule has 1 spiro atoms. The zero-order valence-corrected chi connectivity index (χ0v) is 17.8. The predicted octanol–water partition coefficient (Wildman–Crippen LogP) is 2.63. The maximum absolute atomic E-state index is 12.0. The van der Waals surface area contributed by atoms with E-state index in [1.165, 1.54) is 18.4 Å². The van der Waals surface area contributed by atoms with Gasteiger partial charge >= 0.3 is 0 Å². The molecule has 1 amide bonds. The first kappa shape index (κ1) is 19.6. The molecule has 5 rings (SSSR count). The van der Waals surface area contributed by atoms with Crippen LogP contribution in [0, 0.1) is 0 Å². The fourth-order valence-electron chi connectivity index (χ4n) is 5.66. The number of fused-ring (bicyclic) bond motifs is 2. The molecule has 0 N–H and O–H groups in total. The zero-order chi connectivity index (χ0) is 20.7. The first-order valence-electron chi connectivity index (χ1n) is 10.9. The van der Waals surface area contributed by atoms with Gasteiger partial charge in [0.15, 0.2) is 0 Å². The smallest absolute Gasteiger partial charge is 0.219 e. The fraction of sp³-hybridized carbons (Fsp3) is 0.565. The van der Waals surface area contributed by atoms with Gasteiger partial charge in [0.1, 0.15) is 5.75 Å². The number of carbonyl (C=O) groups is 1. The van der Waals surface area contributed by atoms with Gasteiger partial charge in [-0.05, 0) is 55.5 Å². The van der Waals surface area contributed by atoms with Crippen molar-refractivity contribution in [3.05, 3.63) is 42.2 Å². The van der Waals surface area contributed by atoms with Gasteiger partial charge in [-0.15, -0.1) is 0 Å². The van der Waals surface area contributed by atoms with Crippen LogP contribution in [0.25, 0.3) is 5.69 Å². The molecule has 3 saturated heterocycles. The first-order chi connectivity index (χ1) is 14.6. The van der Waals surface area contributed by atoms with E-state index in [-0.39, 0.29) is 11.5 Å². The maximum Gasteiger partial charge on any atom is 0.219 e. The Kier molecular flexibility index (Phi) is 5.03. The van der Waals surface area contributed by atoms with Crippen molar-refractivity contribution in [1.82, 2.24) is 19.6 Å². The van der Waals surface area contributed by atoms with Crippen molar-refractivity contribution in [2.45, 2.75) is 56.8 Å². The highest BCUT2D eigenvalue weighted by Gasteiger charge is 2.51. The monoisotopic (exact) mass is 410 g/mol. The third-order valence-corrected chi connectivity index (χ3v) is 7.07. The van der Waals surface area contributed by atoms with Gasteiger partial charge in [-0.3, -0.25) is 9.69 Å². The Bertz CT molecular complexity index is 899. The van der Waals surface area contributed by atoms with Crippen LogP contribution in [0.2, 0.25) is 0 Å². The average molecular weight is 411 g/mol. The van der Waals surface area contributed by atoms with E-state index in [4.69, 9.17) is 9.47 Å². The molecule has 1 aromatic carbocycles. The Hall–Kier alpha value is -2.38. The fourth-order valence-corrected chi connectivity index (χ4v) is 5.66. The van der Waals surface area contributed by atoms with Crippen LogP contribution in [-0.4, -0.2) is 70.0 Å². The van der Waals surface area contributed by atoms with Crippen LogP contribution < -0.4 is 4.74 Å². The number of rotatable bonds is 4. The van der Waals surface area contributed by atoms with Crippen LogP contribution in [0.4, 0.5) is 0 Å². The van der Waals surface area contributed by atoms with E-state index < -0.39 is 0 Å². The van der Waals surface area contributed by atoms with Crippen molar-refractivity contribution in [2.75, 3.05) is 26.8 Å². The van der Waals surface area contributed by atoms with Crippen molar-refractivity contribution in [2.24, 2.45) is 0 Å². The first-order valence-corrected chi connectivity index (χ1v) is 10.9. The normalized spacial score (nSPS) is 28.8. The summed E-state index contributed by atoms with van der Waals surface area (Å²) in [5.41, 5.74) is 2.14. The minimum Gasteiger partial charge on any atom is -0.497 e. The lowest BCUT2D eigenvalue weighted by Crippen LogP contribution is -2.60. The van der Waals surface area contributed by atoms with Crippen LogP contribution >= 0.6 is 0 Å². The maximum atomic E-state index is 12.0. The molecule has 1 unspecified atom stereocenters. The molecule has 2 aromatic rings. The molecule has 2 bridgehead atoms. The van der Waals surface area contributed by atoms with E-state index >= 15 is 0 Å². The quantitative estimate of drug-likeness (QED) is 0.776. The van der Waals surface area contributed by atoms with E-state index in [2.05, 4.69) is 22.1 Å². The number of amides is 1. The van der Waals surface area contributed by atoms with Gasteiger partial charge in [0, 0.05) is 51.0 Å². The molecule has 4 heterocycles. The lowest BCUT2D eigenvalue weighted by Gasteiger charge is -2.50. The van der Waals surface area contributed by atoms with Gasteiger partial charge in [-0.1, -0.05) is 0 Å². The van der Waals surface area contributed by atoms with Gasteiger partial charge in [0.05, 0.1) is 25.0 Å². The molecule has 3 atom stereocenters. The van der Waals surface area contributed by atoms with E-state index in [1.54, 1.807) is 14.0 Å². The van der Waals surface area contributed by atoms with Crippen LogP contribution in [0.1, 0.15) is 38.2 Å². The predicted molar refractivity (Wildman–Crippen MR) is 113 cm³/mol. The number of piperidine rings is 1. The molecule has 30 heavy (non-hydrogen) atoms. The molecule has 3 fully saturated rings. The summed E-state index contributed by atoms with van der Waals surface area (Å²) < 4.78 is 13.8. The van der Waals surface area contributed by atoms with Gasteiger partial charge in [0.25, 0.3) is 0 Å². The van der Waals surface area contributed by atoms with Gasteiger partial charge in [-0.2, -0.15) is 5.10 Å². The SMILES string of the molecule is COc1ccc(-n2cccn2)c(CN2[C@@H]3CC[C@H]2CC2(C3)CN(C(C)=O)CCO2)c1. The number of carbonyl (C=O) groups excluding carboxylic acids is 1. The molecule has 7 nitrogen and oxygen atoms in total. The third kappa shape index (κ3) is 3.50. The summed E-state index contributed by atoms with van der Waals surface area (Å²) in [5.74, 6) is 1.03. The number of hydrogen-bond donors (Lipinski definition) is 0. The molecule has 0 radical (unpaired) electrons. The van der Waals surface area contributed by atoms with Crippen molar-refractivity contribution in [3.63, 3.8) is 0 Å². The molecule has 160 valence electrons. The number of methoxy groups -OCH3 is 1. The average Bonchev–Trinajstić information content (AvgIpc) is 3.36. The molecular formula is C23H30N4O3. The van der Waals surface area contributed by atoms with Crippen molar-refractivity contribution in [3.8, 4) is 11.4 Å². The number of ether oxygens (including phenoxy) is 2. The Morgan fingerprint density at radius 2 is 2.10 bits per heavy atom. The van der Waals surface area contributed by atoms with Crippen LogP contribution in [-0.2, 0) is 16.1 Å². The van der Waals surface area contributed by atoms with Crippen LogP contribution in [0.15, 0.2) is 36.7 Å². The number of benzene rings is 1.